The molecule has 0 fully saturated rings. The molecule has 0 N–H and O–H groups in total. The number of aryl methyl sites for hydroxylation is 2. The summed E-state index contributed by atoms with van der Waals surface area (Å²) >= 11 is 0. The molecule has 0 spiro atoms. The van der Waals surface area contributed by atoms with E-state index in [0.29, 0.717) is 0 Å². The summed E-state index contributed by atoms with van der Waals surface area (Å²) < 4.78 is 2.44. The average Bonchev–Trinajstić information content (AvgIpc) is 2.77. The van der Waals surface area contributed by atoms with Gasteiger partial charge in [0.2, 0.25) is 0 Å². The van der Waals surface area contributed by atoms with E-state index in [-0.39, 0.29) is 0 Å². The fraction of sp³-hybridized carbons (Fsp3) is 0.412. The maximum atomic E-state index is 2.44. The molecule has 0 unspecified atom stereocenters. The summed E-state index contributed by atoms with van der Waals surface area (Å²) in [5, 5.41) is 1.49. The van der Waals surface area contributed by atoms with Crippen LogP contribution in [0.15, 0.2) is 17.7 Å². The molecule has 1 aromatic heterocycles. The third-order valence-corrected chi connectivity index (χ3v) is 4.67. The number of allylic oxidation sites excluding steroid dienone is 2. The van der Waals surface area contributed by atoms with Gasteiger partial charge in [-0.05, 0) is 69.4 Å². The zero-order chi connectivity index (χ0) is 13.0. The Balaban J connectivity index is 2.48. The van der Waals surface area contributed by atoms with Crippen molar-refractivity contribution in [2.75, 3.05) is 0 Å². The lowest BCUT2D eigenvalue weighted by Gasteiger charge is -2.07. The molecule has 1 aliphatic carbocycles. The fourth-order valence-corrected chi connectivity index (χ4v) is 3.42. The Bertz CT molecular complexity index is 683. The zero-order valence-electron chi connectivity index (χ0n) is 12.0. The Morgan fingerprint density at radius 3 is 2.50 bits per heavy atom. The third kappa shape index (κ3) is 1.28. The molecule has 0 bridgehead atoms. The number of hydrogen-bond acceptors (Lipinski definition) is 0. The maximum Gasteiger partial charge on any atom is 0.0491 e. The molecule has 0 radical (unpaired) electrons. The van der Waals surface area contributed by atoms with E-state index in [4.69, 9.17) is 0 Å². The summed E-state index contributed by atoms with van der Waals surface area (Å²) in [5.74, 6) is 0. The number of hydrogen-bond donors (Lipinski definition) is 0. The third-order valence-electron chi connectivity index (χ3n) is 4.67. The summed E-state index contributed by atoms with van der Waals surface area (Å²) in [6, 6.07) is 4.63. The van der Waals surface area contributed by atoms with E-state index in [2.05, 4.69) is 51.3 Å². The van der Waals surface area contributed by atoms with Crippen LogP contribution in [0.5, 0.6) is 0 Å². The van der Waals surface area contributed by atoms with Crippen molar-refractivity contribution in [2.45, 2.75) is 47.6 Å². The van der Waals surface area contributed by atoms with Crippen LogP contribution in [-0.2, 0) is 13.0 Å². The lowest BCUT2D eigenvalue weighted by Crippen LogP contribution is -1.96. The second-order valence-corrected chi connectivity index (χ2v) is 5.53. The first-order valence-electron chi connectivity index (χ1n) is 6.84. The lowest BCUT2D eigenvalue weighted by atomic mass is 9.99. The van der Waals surface area contributed by atoms with Crippen LogP contribution >= 0.6 is 0 Å². The van der Waals surface area contributed by atoms with Crippen molar-refractivity contribution in [2.24, 2.45) is 0 Å². The van der Waals surface area contributed by atoms with Gasteiger partial charge in [0.25, 0.3) is 0 Å². The van der Waals surface area contributed by atoms with Crippen LogP contribution in [0.3, 0.4) is 0 Å². The molecule has 1 aliphatic rings. The minimum absolute atomic E-state index is 1.05. The number of aromatic nitrogens is 1. The first-order valence-corrected chi connectivity index (χ1v) is 6.84. The Hall–Kier alpha value is -1.50. The minimum atomic E-state index is 1.05. The predicted octanol–water partition coefficient (Wildman–Crippen LogP) is 4.63. The largest absolute Gasteiger partial charge is 0.345 e. The number of fused-ring (bicyclic) bond motifs is 3. The van der Waals surface area contributed by atoms with Crippen molar-refractivity contribution < 1.29 is 0 Å². The highest BCUT2D eigenvalue weighted by Gasteiger charge is 2.22. The van der Waals surface area contributed by atoms with Gasteiger partial charge in [-0.15, -0.1) is 0 Å². The van der Waals surface area contributed by atoms with Crippen molar-refractivity contribution in [1.82, 2.24) is 4.57 Å². The molecule has 3 rings (SSSR count). The molecule has 2 aromatic rings. The van der Waals surface area contributed by atoms with E-state index >= 15 is 0 Å². The van der Waals surface area contributed by atoms with Gasteiger partial charge in [0.1, 0.15) is 0 Å². The lowest BCUT2D eigenvalue weighted by molar-refractivity contribution is 0.766. The van der Waals surface area contributed by atoms with Gasteiger partial charge in [0, 0.05) is 23.1 Å². The highest BCUT2D eigenvalue weighted by Crippen LogP contribution is 2.40. The number of rotatable bonds is 1. The van der Waals surface area contributed by atoms with Crippen LogP contribution in [0.25, 0.3) is 16.5 Å². The molecular formula is C17H21N. The quantitative estimate of drug-likeness (QED) is 0.684. The first-order chi connectivity index (χ1) is 8.56. The van der Waals surface area contributed by atoms with Gasteiger partial charge in [-0.3, -0.25) is 0 Å². The zero-order valence-corrected chi connectivity index (χ0v) is 12.0. The Labute approximate surface area is 109 Å². The minimum Gasteiger partial charge on any atom is -0.345 e. The summed E-state index contributed by atoms with van der Waals surface area (Å²) in [4.78, 5) is 0. The molecule has 1 aromatic carbocycles. The molecule has 0 atom stereocenters. The molecule has 0 saturated carbocycles. The topological polar surface area (TPSA) is 4.93 Å². The summed E-state index contributed by atoms with van der Waals surface area (Å²) in [6.45, 7) is 12.3. The van der Waals surface area contributed by atoms with Gasteiger partial charge in [-0.1, -0.05) is 11.6 Å². The first kappa shape index (κ1) is 11.6. The van der Waals surface area contributed by atoms with Crippen LogP contribution in [0.4, 0.5) is 0 Å². The molecular weight excluding hydrogens is 218 g/mol. The van der Waals surface area contributed by atoms with E-state index in [1.54, 1.807) is 0 Å². The van der Waals surface area contributed by atoms with Crippen molar-refractivity contribution in [3.05, 3.63) is 40.1 Å². The van der Waals surface area contributed by atoms with Gasteiger partial charge in [0.05, 0.1) is 0 Å². The van der Waals surface area contributed by atoms with E-state index in [1.807, 2.05) is 0 Å². The average molecular weight is 239 g/mol. The van der Waals surface area contributed by atoms with E-state index in [9.17, 15) is 0 Å². The van der Waals surface area contributed by atoms with E-state index in [0.717, 1.165) is 13.0 Å². The molecule has 18 heavy (non-hydrogen) atoms. The van der Waals surface area contributed by atoms with Gasteiger partial charge < -0.3 is 4.57 Å². The molecule has 1 heterocycles. The summed E-state index contributed by atoms with van der Waals surface area (Å²) in [7, 11) is 0. The van der Waals surface area contributed by atoms with Crippen molar-refractivity contribution in [3.8, 4) is 0 Å². The standard InChI is InChI=1S/C17H21N/c1-6-18-13(5)12(4)17-15(18)8-7-14-9-10(2)11(3)16(14)17/h7-8H,6,9H2,1-5H3. The molecule has 0 amide bonds. The Morgan fingerprint density at radius 2 is 1.83 bits per heavy atom. The predicted molar refractivity (Wildman–Crippen MR) is 79.1 cm³/mol. The summed E-state index contributed by atoms with van der Waals surface area (Å²) in [6.07, 6.45) is 1.13. The Morgan fingerprint density at radius 1 is 1.11 bits per heavy atom. The van der Waals surface area contributed by atoms with Gasteiger partial charge in [0.15, 0.2) is 0 Å². The highest BCUT2D eigenvalue weighted by molar-refractivity contribution is 5.99. The smallest absolute Gasteiger partial charge is 0.0491 e. The van der Waals surface area contributed by atoms with E-state index in [1.165, 1.54) is 44.4 Å². The fourth-order valence-electron chi connectivity index (χ4n) is 3.42. The van der Waals surface area contributed by atoms with Crippen LogP contribution in [0.1, 0.15) is 43.2 Å². The van der Waals surface area contributed by atoms with Crippen molar-refractivity contribution in [1.29, 1.82) is 0 Å². The normalized spacial score (nSPS) is 14.7. The SMILES string of the molecule is CCn1c(C)c(C)c2c3c(ccc21)CC(C)=C3C. The Kier molecular flexibility index (Phi) is 2.41. The number of nitrogens with zero attached hydrogens (tertiary/aromatic N) is 1. The van der Waals surface area contributed by atoms with Gasteiger partial charge >= 0.3 is 0 Å². The number of benzene rings is 1. The molecule has 94 valence electrons. The van der Waals surface area contributed by atoms with Crippen LogP contribution in [0, 0.1) is 13.8 Å². The molecule has 1 nitrogen and oxygen atoms in total. The molecule has 1 heteroatoms. The molecule has 0 aliphatic heterocycles. The summed E-state index contributed by atoms with van der Waals surface area (Å²) in [5.41, 5.74) is 10.3. The second kappa shape index (κ2) is 3.74. The van der Waals surface area contributed by atoms with Crippen molar-refractivity contribution in [3.63, 3.8) is 0 Å². The van der Waals surface area contributed by atoms with Crippen LogP contribution in [0.2, 0.25) is 0 Å². The monoisotopic (exact) mass is 239 g/mol. The van der Waals surface area contributed by atoms with Crippen LogP contribution in [-0.4, -0.2) is 4.57 Å². The van der Waals surface area contributed by atoms with E-state index < -0.39 is 0 Å². The van der Waals surface area contributed by atoms with Crippen molar-refractivity contribution >= 4 is 16.5 Å². The maximum absolute atomic E-state index is 2.44. The highest BCUT2D eigenvalue weighted by atomic mass is 15.0. The van der Waals surface area contributed by atoms with Gasteiger partial charge in [-0.25, -0.2) is 0 Å². The molecule has 0 saturated heterocycles. The van der Waals surface area contributed by atoms with Gasteiger partial charge in [-0.2, -0.15) is 0 Å². The second-order valence-electron chi connectivity index (χ2n) is 5.53. The van der Waals surface area contributed by atoms with Crippen LogP contribution < -0.4 is 0 Å².